The summed E-state index contributed by atoms with van der Waals surface area (Å²) in [5, 5.41) is 28.7. The van der Waals surface area contributed by atoms with Crippen molar-refractivity contribution in [2.75, 3.05) is 21.3 Å². The minimum Gasteiger partial charge on any atom is -0.308 e. The second-order valence-electron chi connectivity index (χ2n) is 6.57. The van der Waals surface area contributed by atoms with Crippen molar-refractivity contribution in [1.29, 1.82) is 10.5 Å². The largest absolute Gasteiger partial charge is 0.323 e. The number of hydrogen-bond donors (Lipinski definition) is 4. The molecule has 4 N–H and O–H groups in total. The second kappa shape index (κ2) is 9.59. The molecule has 0 aliphatic heterocycles. The predicted octanol–water partition coefficient (Wildman–Crippen LogP) is 5.03. The number of aryl methyl sites for hydroxylation is 1. The first-order valence-corrected chi connectivity index (χ1v) is 9.24. The Hall–Kier alpha value is -4.82. The number of amides is 4. The summed E-state index contributed by atoms with van der Waals surface area (Å²) in [6, 6.07) is 21.3. The number of anilines is 4. The van der Waals surface area contributed by atoms with E-state index in [2.05, 4.69) is 21.3 Å². The summed E-state index contributed by atoms with van der Waals surface area (Å²) in [7, 11) is 0. The van der Waals surface area contributed by atoms with Gasteiger partial charge in [0.25, 0.3) is 0 Å². The first-order chi connectivity index (χ1) is 15.0. The summed E-state index contributed by atoms with van der Waals surface area (Å²) < 4.78 is 0. The molecule has 0 radical (unpaired) electrons. The molecule has 0 bridgehead atoms. The fourth-order valence-electron chi connectivity index (χ4n) is 2.75. The highest BCUT2D eigenvalue weighted by molar-refractivity contribution is 6.02. The van der Waals surface area contributed by atoms with Crippen LogP contribution in [0.5, 0.6) is 0 Å². The van der Waals surface area contributed by atoms with E-state index in [0.717, 1.165) is 5.56 Å². The topological polar surface area (TPSA) is 130 Å². The number of hydrogen-bond acceptors (Lipinski definition) is 4. The van der Waals surface area contributed by atoms with Crippen molar-refractivity contribution in [3.05, 3.63) is 83.4 Å². The van der Waals surface area contributed by atoms with Crippen molar-refractivity contribution in [2.24, 2.45) is 0 Å². The molecule has 0 spiro atoms. The lowest BCUT2D eigenvalue weighted by atomic mass is 10.2. The van der Waals surface area contributed by atoms with Gasteiger partial charge in [-0.1, -0.05) is 18.2 Å². The molecule has 0 aromatic heterocycles. The van der Waals surface area contributed by atoms with E-state index >= 15 is 0 Å². The van der Waals surface area contributed by atoms with Gasteiger partial charge < -0.3 is 21.3 Å². The van der Waals surface area contributed by atoms with Gasteiger partial charge in [-0.3, -0.25) is 0 Å². The molecule has 0 aliphatic rings. The van der Waals surface area contributed by atoms with Crippen LogP contribution in [0.1, 0.15) is 16.7 Å². The van der Waals surface area contributed by atoms with Crippen molar-refractivity contribution in [3.8, 4) is 12.1 Å². The van der Waals surface area contributed by atoms with E-state index in [-0.39, 0.29) is 0 Å². The number of nitriles is 2. The van der Waals surface area contributed by atoms with Crippen molar-refractivity contribution < 1.29 is 9.59 Å². The number of carbonyl (C=O) groups excluding carboxylic acids is 2. The van der Waals surface area contributed by atoms with Gasteiger partial charge in [0, 0.05) is 22.7 Å². The van der Waals surface area contributed by atoms with Gasteiger partial charge in [-0.15, -0.1) is 0 Å². The van der Waals surface area contributed by atoms with Gasteiger partial charge >= 0.3 is 12.1 Å². The van der Waals surface area contributed by atoms with Crippen molar-refractivity contribution in [3.63, 3.8) is 0 Å². The summed E-state index contributed by atoms with van der Waals surface area (Å²) in [6.45, 7) is 1.82. The zero-order valence-corrected chi connectivity index (χ0v) is 16.6. The Morgan fingerprint density at radius 1 is 0.677 bits per heavy atom. The highest BCUT2D eigenvalue weighted by Gasteiger charge is 2.09. The smallest absolute Gasteiger partial charge is 0.308 e. The third-order valence-corrected chi connectivity index (χ3v) is 4.24. The molecule has 4 amide bonds. The van der Waals surface area contributed by atoms with E-state index in [1.807, 2.05) is 19.1 Å². The fraction of sp³-hybridized carbons (Fsp3) is 0.0435. The summed E-state index contributed by atoms with van der Waals surface area (Å²) in [5.41, 5.74) is 3.63. The van der Waals surface area contributed by atoms with Crippen LogP contribution in [-0.4, -0.2) is 12.1 Å². The maximum Gasteiger partial charge on any atom is 0.323 e. The Bertz CT molecular complexity index is 1220. The minimum absolute atomic E-state index is 0.436. The van der Waals surface area contributed by atoms with E-state index in [1.165, 1.54) is 0 Å². The van der Waals surface area contributed by atoms with Crippen molar-refractivity contribution in [1.82, 2.24) is 0 Å². The molecule has 0 saturated carbocycles. The Kier molecular flexibility index (Phi) is 6.47. The van der Waals surface area contributed by atoms with E-state index in [4.69, 9.17) is 10.5 Å². The van der Waals surface area contributed by atoms with Crippen LogP contribution < -0.4 is 21.3 Å². The summed E-state index contributed by atoms with van der Waals surface area (Å²) in [6.07, 6.45) is 0. The Labute approximate surface area is 179 Å². The van der Waals surface area contributed by atoms with E-state index in [9.17, 15) is 9.59 Å². The van der Waals surface area contributed by atoms with Gasteiger partial charge in [-0.05, 0) is 61.0 Å². The van der Waals surface area contributed by atoms with Crippen molar-refractivity contribution >= 4 is 34.8 Å². The first-order valence-electron chi connectivity index (χ1n) is 9.24. The van der Waals surface area contributed by atoms with Gasteiger partial charge in [0.05, 0.1) is 23.3 Å². The average molecular weight is 410 g/mol. The number of urea groups is 2. The quantitative estimate of drug-likeness (QED) is 0.481. The number of benzene rings is 3. The lowest BCUT2D eigenvalue weighted by molar-refractivity contribution is 0.261. The third kappa shape index (κ3) is 5.83. The van der Waals surface area contributed by atoms with Crippen LogP contribution >= 0.6 is 0 Å². The van der Waals surface area contributed by atoms with Gasteiger partial charge in [0.15, 0.2) is 0 Å². The normalized spacial score (nSPS) is 9.65. The van der Waals surface area contributed by atoms with Gasteiger partial charge in [-0.25, -0.2) is 9.59 Å². The molecule has 0 fully saturated rings. The molecule has 152 valence electrons. The first kappa shape index (κ1) is 20.9. The average Bonchev–Trinajstić information content (AvgIpc) is 2.76. The molecule has 0 atom stereocenters. The predicted molar refractivity (Wildman–Crippen MR) is 119 cm³/mol. The molecule has 3 aromatic carbocycles. The molecule has 0 heterocycles. The number of nitrogens with zero attached hydrogens (tertiary/aromatic N) is 2. The van der Waals surface area contributed by atoms with E-state index in [1.54, 1.807) is 66.7 Å². The molecule has 3 rings (SSSR count). The standard InChI is InChI=1S/C23H18N6O2/c1-15-8-9-20(28-22(30)26-18-6-2-4-16(10-18)13-24)12-21(15)29-23(31)27-19-7-3-5-17(11-19)14-25/h2-12H,1H3,(H2,26,28,30)(H2,27,29,31). The maximum atomic E-state index is 12.3. The highest BCUT2D eigenvalue weighted by Crippen LogP contribution is 2.21. The minimum atomic E-state index is -0.484. The number of nitrogens with one attached hydrogen (secondary N) is 4. The van der Waals surface area contributed by atoms with Crippen molar-refractivity contribution in [2.45, 2.75) is 6.92 Å². The SMILES string of the molecule is Cc1ccc(NC(=O)Nc2cccc(C#N)c2)cc1NC(=O)Nc1cccc(C#N)c1. The molecule has 8 heteroatoms. The summed E-state index contributed by atoms with van der Waals surface area (Å²) >= 11 is 0. The summed E-state index contributed by atoms with van der Waals surface area (Å²) in [4.78, 5) is 24.6. The Balaban J connectivity index is 1.65. The highest BCUT2D eigenvalue weighted by atomic mass is 16.2. The molecule has 0 saturated heterocycles. The van der Waals surface area contributed by atoms with E-state index in [0.29, 0.717) is 33.9 Å². The Morgan fingerprint density at radius 2 is 1.16 bits per heavy atom. The zero-order valence-electron chi connectivity index (χ0n) is 16.6. The zero-order chi connectivity index (χ0) is 22.2. The fourth-order valence-corrected chi connectivity index (χ4v) is 2.75. The maximum absolute atomic E-state index is 12.3. The van der Waals surface area contributed by atoms with Gasteiger partial charge in [-0.2, -0.15) is 10.5 Å². The molecular weight excluding hydrogens is 392 g/mol. The summed E-state index contributed by atoms with van der Waals surface area (Å²) in [5.74, 6) is 0. The molecule has 0 unspecified atom stereocenters. The third-order valence-electron chi connectivity index (χ3n) is 4.24. The Morgan fingerprint density at radius 3 is 1.68 bits per heavy atom. The van der Waals surface area contributed by atoms with Crippen LogP contribution in [0.2, 0.25) is 0 Å². The molecule has 0 aliphatic carbocycles. The lowest BCUT2D eigenvalue weighted by Crippen LogP contribution is -2.21. The van der Waals surface area contributed by atoms with Crippen LogP contribution in [0.4, 0.5) is 32.3 Å². The van der Waals surface area contributed by atoms with Crippen LogP contribution in [0, 0.1) is 29.6 Å². The molecular formula is C23H18N6O2. The monoisotopic (exact) mass is 410 g/mol. The van der Waals surface area contributed by atoms with Crippen LogP contribution in [0.3, 0.4) is 0 Å². The second-order valence-corrected chi connectivity index (χ2v) is 6.57. The van der Waals surface area contributed by atoms with Crippen LogP contribution in [0.25, 0.3) is 0 Å². The van der Waals surface area contributed by atoms with E-state index < -0.39 is 12.1 Å². The molecule has 3 aromatic rings. The van der Waals surface area contributed by atoms with Gasteiger partial charge in [0.2, 0.25) is 0 Å². The van der Waals surface area contributed by atoms with Gasteiger partial charge in [0.1, 0.15) is 0 Å². The number of carbonyl (C=O) groups is 2. The lowest BCUT2D eigenvalue weighted by Gasteiger charge is -2.13. The number of rotatable bonds is 4. The molecule has 31 heavy (non-hydrogen) atoms. The molecule has 8 nitrogen and oxygen atoms in total. The van der Waals surface area contributed by atoms with Crippen LogP contribution in [0.15, 0.2) is 66.7 Å². The van der Waals surface area contributed by atoms with Crippen LogP contribution in [-0.2, 0) is 0 Å².